The lowest BCUT2D eigenvalue weighted by atomic mass is 10.0. The fraction of sp³-hybridized carbons (Fsp3) is 0. The highest BCUT2D eigenvalue weighted by atomic mass is 16.2. The summed E-state index contributed by atoms with van der Waals surface area (Å²) in [4.78, 5) is 23.5. The molecule has 0 saturated heterocycles. The van der Waals surface area contributed by atoms with Crippen LogP contribution in [0.2, 0.25) is 0 Å². The van der Waals surface area contributed by atoms with Crippen LogP contribution in [0.3, 0.4) is 0 Å². The van der Waals surface area contributed by atoms with E-state index in [9.17, 15) is 9.59 Å². The standard InChI is InChI=1S/C18H14N2O2/c19-17(21)13-8-10-14(11-9-13)20-18(22)16-7-3-5-12-4-1-2-6-15(12)16/h1-11H,(H2,19,21)(H,20,22). The third kappa shape index (κ3) is 2.67. The Morgan fingerprint density at radius 3 is 2.23 bits per heavy atom. The normalized spacial score (nSPS) is 10.4. The first-order chi connectivity index (χ1) is 10.6. The molecule has 0 aliphatic rings. The van der Waals surface area contributed by atoms with Crippen molar-refractivity contribution < 1.29 is 9.59 Å². The molecule has 3 aromatic rings. The van der Waals surface area contributed by atoms with E-state index in [0.717, 1.165) is 10.8 Å². The first-order valence-corrected chi connectivity index (χ1v) is 6.84. The lowest BCUT2D eigenvalue weighted by molar-refractivity contribution is 0.0998. The number of nitrogens with two attached hydrogens (primary N) is 1. The van der Waals surface area contributed by atoms with E-state index < -0.39 is 5.91 Å². The van der Waals surface area contributed by atoms with Gasteiger partial charge in [0.25, 0.3) is 5.91 Å². The van der Waals surface area contributed by atoms with Crippen LogP contribution in [0.5, 0.6) is 0 Å². The molecule has 0 aliphatic carbocycles. The van der Waals surface area contributed by atoms with Gasteiger partial charge in [0, 0.05) is 16.8 Å². The van der Waals surface area contributed by atoms with Gasteiger partial charge in [-0.25, -0.2) is 0 Å². The Bertz CT molecular complexity index is 849. The number of carbonyl (C=O) groups is 2. The lowest BCUT2D eigenvalue weighted by Crippen LogP contribution is -2.13. The Kier molecular flexibility index (Phi) is 3.58. The summed E-state index contributed by atoms with van der Waals surface area (Å²) in [5, 5.41) is 4.74. The van der Waals surface area contributed by atoms with E-state index in [0.29, 0.717) is 16.8 Å². The van der Waals surface area contributed by atoms with E-state index in [1.807, 2.05) is 36.4 Å². The summed E-state index contributed by atoms with van der Waals surface area (Å²) in [5.74, 6) is -0.685. The Hall–Kier alpha value is -3.14. The first kappa shape index (κ1) is 13.8. The van der Waals surface area contributed by atoms with Crippen molar-refractivity contribution in [1.29, 1.82) is 0 Å². The van der Waals surface area contributed by atoms with Crippen LogP contribution in [0.4, 0.5) is 5.69 Å². The number of nitrogens with one attached hydrogen (secondary N) is 1. The fourth-order valence-electron chi connectivity index (χ4n) is 2.34. The minimum atomic E-state index is -0.494. The predicted octanol–water partition coefficient (Wildman–Crippen LogP) is 3.19. The number of rotatable bonds is 3. The van der Waals surface area contributed by atoms with Crippen molar-refractivity contribution in [2.24, 2.45) is 5.73 Å². The molecular formula is C18H14N2O2. The Balaban J connectivity index is 1.89. The Morgan fingerprint density at radius 1 is 0.818 bits per heavy atom. The molecule has 0 radical (unpaired) electrons. The molecule has 0 atom stereocenters. The predicted molar refractivity (Wildman–Crippen MR) is 86.9 cm³/mol. The Morgan fingerprint density at radius 2 is 1.50 bits per heavy atom. The van der Waals surface area contributed by atoms with Crippen LogP contribution in [-0.4, -0.2) is 11.8 Å². The molecule has 0 heterocycles. The van der Waals surface area contributed by atoms with Gasteiger partial charge in [0.05, 0.1) is 0 Å². The molecule has 3 aromatic carbocycles. The number of carbonyl (C=O) groups excluding carboxylic acids is 2. The molecule has 0 bridgehead atoms. The van der Waals surface area contributed by atoms with Crippen LogP contribution in [0.1, 0.15) is 20.7 Å². The number of fused-ring (bicyclic) bond motifs is 1. The van der Waals surface area contributed by atoms with Crippen LogP contribution in [0.15, 0.2) is 66.7 Å². The van der Waals surface area contributed by atoms with Gasteiger partial charge < -0.3 is 11.1 Å². The zero-order valence-corrected chi connectivity index (χ0v) is 11.7. The summed E-state index contributed by atoms with van der Waals surface area (Å²) in [6.45, 7) is 0. The minimum absolute atomic E-state index is 0.191. The van der Waals surface area contributed by atoms with E-state index in [1.54, 1.807) is 30.3 Å². The zero-order chi connectivity index (χ0) is 15.5. The third-order valence-corrected chi connectivity index (χ3v) is 3.46. The monoisotopic (exact) mass is 290 g/mol. The largest absolute Gasteiger partial charge is 0.366 e. The highest BCUT2D eigenvalue weighted by Crippen LogP contribution is 2.20. The fourth-order valence-corrected chi connectivity index (χ4v) is 2.34. The van der Waals surface area contributed by atoms with Crippen molar-refractivity contribution in [3.05, 3.63) is 77.9 Å². The second-order valence-electron chi connectivity index (χ2n) is 4.92. The molecule has 0 fully saturated rings. The average molecular weight is 290 g/mol. The third-order valence-electron chi connectivity index (χ3n) is 3.46. The number of hydrogen-bond donors (Lipinski definition) is 2. The maximum absolute atomic E-state index is 12.4. The minimum Gasteiger partial charge on any atom is -0.366 e. The molecule has 0 spiro atoms. The molecule has 2 amide bonds. The topological polar surface area (TPSA) is 72.2 Å². The van der Waals surface area contributed by atoms with Gasteiger partial charge in [-0.15, -0.1) is 0 Å². The Labute approximate surface area is 127 Å². The van der Waals surface area contributed by atoms with E-state index in [-0.39, 0.29) is 5.91 Å². The van der Waals surface area contributed by atoms with E-state index in [2.05, 4.69) is 5.32 Å². The van der Waals surface area contributed by atoms with Crippen molar-refractivity contribution in [3.8, 4) is 0 Å². The number of primary amides is 1. The summed E-state index contributed by atoms with van der Waals surface area (Å²) >= 11 is 0. The van der Waals surface area contributed by atoms with E-state index >= 15 is 0 Å². The van der Waals surface area contributed by atoms with E-state index in [1.165, 1.54) is 0 Å². The summed E-state index contributed by atoms with van der Waals surface area (Å²) in [7, 11) is 0. The summed E-state index contributed by atoms with van der Waals surface area (Å²) in [5.41, 5.74) is 6.82. The smallest absolute Gasteiger partial charge is 0.256 e. The molecule has 0 aliphatic heterocycles. The maximum Gasteiger partial charge on any atom is 0.256 e. The van der Waals surface area contributed by atoms with Gasteiger partial charge in [-0.05, 0) is 41.1 Å². The van der Waals surface area contributed by atoms with Crippen molar-refractivity contribution >= 4 is 28.3 Å². The molecule has 0 unspecified atom stereocenters. The molecule has 4 nitrogen and oxygen atoms in total. The van der Waals surface area contributed by atoms with Crippen LogP contribution in [0.25, 0.3) is 10.8 Å². The highest BCUT2D eigenvalue weighted by molar-refractivity contribution is 6.13. The number of amides is 2. The highest BCUT2D eigenvalue weighted by Gasteiger charge is 2.10. The summed E-state index contributed by atoms with van der Waals surface area (Å²) < 4.78 is 0. The number of benzene rings is 3. The number of hydrogen-bond acceptors (Lipinski definition) is 2. The first-order valence-electron chi connectivity index (χ1n) is 6.84. The lowest BCUT2D eigenvalue weighted by Gasteiger charge is -2.08. The van der Waals surface area contributed by atoms with Crippen molar-refractivity contribution in [2.45, 2.75) is 0 Å². The van der Waals surface area contributed by atoms with Crippen LogP contribution >= 0.6 is 0 Å². The SMILES string of the molecule is NC(=O)c1ccc(NC(=O)c2cccc3ccccc23)cc1. The second kappa shape index (κ2) is 5.69. The second-order valence-corrected chi connectivity index (χ2v) is 4.92. The molecule has 4 heteroatoms. The van der Waals surface area contributed by atoms with Gasteiger partial charge in [-0.1, -0.05) is 36.4 Å². The van der Waals surface area contributed by atoms with Crippen molar-refractivity contribution in [3.63, 3.8) is 0 Å². The number of anilines is 1. The molecule has 22 heavy (non-hydrogen) atoms. The van der Waals surface area contributed by atoms with Gasteiger partial charge in [0.15, 0.2) is 0 Å². The van der Waals surface area contributed by atoms with Crippen molar-refractivity contribution in [2.75, 3.05) is 5.32 Å². The molecule has 0 aromatic heterocycles. The van der Waals surface area contributed by atoms with Crippen LogP contribution in [0, 0.1) is 0 Å². The van der Waals surface area contributed by atoms with Gasteiger partial charge >= 0.3 is 0 Å². The van der Waals surface area contributed by atoms with Gasteiger partial charge in [-0.3, -0.25) is 9.59 Å². The molecular weight excluding hydrogens is 276 g/mol. The average Bonchev–Trinajstić information content (AvgIpc) is 2.54. The van der Waals surface area contributed by atoms with Gasteiger partial charge in [-0.2, -0.15) is 0 Å². The molecule has 3 N–H and O–H groups in total. The quantitative estimate of drug-likeness (QED) is 0.777. The van der Waals surface area contributed by atoms with E-state index in [4.69, 9.17) is 5.73 Å². The maximum atomic E-state index is 12.4. The molecule has 0 saturated carbocycles. The molecule has 3 rings (SSSR count). The van der Waals surface area contributed by atoms with Crippen LogP contribution in [-0.2, 0) is 0 Å². The molecule has 108 valence electrons. The van der Waals surface area contributed by atoms with Gasteiger partial charge in [0.2, 0.25) is 5.91 Å². The van der Waals surface area contributed by atoms with Crippen LogP contribution < -0.4 is 11.1 Å². The van der Waals surface area contributed by atoms with Gasteiger partial charge in [0.1, 0.15) is 0 Å². The van der Waals surface area contributed by atoms with Crippen molar-refractivity contribution in [1.82, 2.24) is 0 Å². The summed E-state index contributed by atoms with van der Waals surface area (Å²) in [6.07, 6.45) is 0. The summed E-state index contributed by atoms with van der Waals surface area (Å²) in [6, 6.07) is 19.8. The zero-order valence-electron chi connectivity index (χ0n) is 11.7.